The summed E-state index contributed by atoms with van der Waals surface area (Å²) < 4.78 is 4.89. The summed E-state index contributed by atoms with van der Waals surface area (Å²) in [6.07, 6.45) is 7.41. The summed E-state index contributed by atoms with van der Waals surface area (Å²) in [5.41, 5.74) is 0. The number of nitrogens with one attached hydrogen (secondary N) is 1. The smallest absolute Gasteiger partial charge is 0.322 e. The average Bonchev–Trinajstić information content (AvgIpc) is 3.28. The second-order valence-electron chi connectivity index (χ2n) is 5.99. The summed E-state index contributed by atoms with van der Waals surface area (Å²) in [6, 6.07) is 0.662. The minimum atomic E-state index is -0.134. The zero-order valence-corrected chi connectivity index (χ0v) is 12.4. The standard InChI is InChI=1S/C15H28N2O2/c1-3-9-16-14(15(18)19-2)8-10-17(13-6-7-13)11-12-4-5-12/h12-14,16H,3-11H2,1-2H3. The monoisotopic (exact) mass is 268 g/mol. The molecule has 0 spiro atoms. The molecular weight excluding hydrogens is 240 g/mol. The van der Waals surface area contributed by atoms with Gasteiger partial charge in [-0.3, -0.25) is 4.79 Å². The fourth-order valence-corrected chi connectivity index (χ4v) is 2.55. The fraction of sp³-hybridized carbons (Fsp3) is 0.933. The first kappa shape index (κ1) is 14.8. The van der Waals surface area contributed by atoms with Crippen LogP contribution in [-0.2, 0) is 9.53 Å². The maximum absolute atomic E-state index is 11.7. The third kappa shape index (κ3) is 5.11. The summed E-state index contributed by atoms with van der Waals surface area (Å²) in [5.74, 6) is 0.816. The number of methoxy groups -OCH3 is 1. The Kier molecular flexibility index (Phi) is 5.64. The lowest BCUT2D eigenvalue weighted by atomic mass is 10.2. The lowest BCUT2D eigenvalue weighted by Gasteiger charge is -2.24. The number of esters is 1. The van der Waals surface area contributed by atoms with Crippen LogP contribution >= 0.6 is 0 Å². The highest BCUT2D eigenvalue weighted by molar-refractivity contribution is 5.75. The summed E-state index contributed by atoms with van der Waals surface area (Å²) in [7, 11) is 1.48. The van der Waals surface area contributed by atoms with Gasteiger partial charge in [-0.05, 0) is 51.0 Å². The number of rotatable bonds is 10. The van der Waals surface area contributed by atoms with Gasteiger partial charge in [0.15, 0.2) is 0 Å². The van der Waals surface area contributed by atoms with E-state index < -0.39 is 0 Å². The first-order valence-corrected chi connectivity index (χ1v) is 7.79. The molecule has 2 rings (SSSR count). The van der Waals surface area contributed by atoms with Crippen molar-refractivity contribution in [3.8, 4) is 0 Å². The number of ether oxygens (including phenoxy) is 1. The predicted octanol–water partition coefficient (Wildman–Crippen LogP) is 1.79. The second-order valence-corrected chi connectivity index (χ2v) is 5.99. The van der Waals surface area contributed by atoms with Gasteiger partial charge >= 0.3 is 5.97 Å². The minimum absolute atomic E-state index is 0.115. The maximum Gasteiger partial charge on any atom is 0.322 e. The molecule has 2 saturated carbocycles. The molecule has 110 valence electrons. The van der Waals surface area contributed by atoms with Crippen LogP contribution in [0.4, 0.5) is 0 Å². The molecule has 19 heavy (non-hydrogen) atoms. The van der Waals surface area contributed by atoms with Crippen molar-refractivity contribution in [2.24, 2.45) is 5.92 Å². The molecular formula is C15H28N2O2. The van der Waals surface area contributed by atoms with Crippen LogP contribution in [0.3, 0.4) is 0 Å². The molecule has 0 aromatic heterocycles. The van der Waals surface area contributed by atoms with Crippen LogP contribution in [0.25, 0.3) is 0 Å². The molecule has 1 N–H and O–H groups in total. The van der Waals surface area contributed by atoms with Crippen molar-refractivity contribution in [3.05, 3.63) is 0 Å². The van der Waals surface area contributed by atoms with Crippen molar-refractivity contribution in [2.75, 3.05) is 26.7 Å². The molecule has 0 aromatic carbocycles. The molecule has 0 heterocycles. The summed E-state index contributed by atoms with van der Waals surface area (Å²) in [4.78, 5) is 14.3. The Morgan fingerprint density at radius 2 is 2.11 bits per heavy atom. The van der Waals surface area contributed by atoms with Gasteiger partial charge in [-0.1, -0.05) is 6.92 Å². The molecule has 0 saturated heterocycles. The Labute approximate surface area is 116 Å². The topological polar surface area (TPSA) is 41.6 Å². The molecule has 0 bridgehead atoms. The van der Waals surface area contributed by atoms with Gasteiger partial charge in [-0.2, -0.15) is 0 Å². The zero-order chi connectivity index (χ0) is 13.7. The summed E-state index contributed by atoms with van der Waals surface area (Å²) in [5, 5.41) is 3.30. The lowest BCUT2D eigenvalue weighted by molar-refractivity contribution is -0.143. The third-order valence-corrected chi connectivity index (χ3v) is 4.08. The average molecular weight is 268 g/mol. The SMILES string of the molecule is CCCNC(CCN(CC1CC1)C1CC1)C(=O)OC. The van der Waals surface area contributed by atoms with Gasteiger partial charge in [0.1, 0.15) is 6.04 Å². The van der Waals surface area contributed by atoms with Gasteiger partial charge in [-0.15, -0.1) is 0 Å². The second kappa shape index (κ2) is 7.25. The van der Waals surface area contributed by atoms with Crippen LogP contribution in [0.2, 0.25) is 0 Å². The van der Waals surface area contributed by atoms with E-state index in [9.17, 15) is 4.79 Å². The number of hydrogen-bond donors (Lipinski definition) is 1. The van der Waals surface area contributed by atoms with Crippen LogP contribution in [0.15, 0.2) is 0 Å². The molecule has 0 aromatic rings. The number of carbonyl (C=O) groups excluding carboxylic acids is 1. The van der Waals surface area contributed by atoms with Crippen molar-refractivity contribution in [1.29, 1.82) is 0 Å². The van der Waals surface area contributed by atoms with E-state index >= 15 is 0 Å². The first-order valence-electron chi connectivity index (χ1n) is 7.79. The van der Waals surface area contributed by atoms with Gasteiger partial charge in [-0.25, -0.2) is 0 Å². The van der Waals surface area contributed by atoms with Crippen LogP contribution < -0.4 is 5.32 Å². The van der Waals surface area contributed by atoms with Crippen LogP contribution in [0.5, 0.6) is 0 Å². The third-order valence-electron chi connectivity index (χ3n) is 4.08. The Morgan fingerprint density at radius 1 is 1.37 bits per heavy atom. The summed E-state index contributed by atoms with van der Waals surface area (Å²) >= 11 is 0. The molecule has 2 aliphatic rings. The van der Waals surface area contributed by atoms with Gasteiger partial charge in [0, 0.05) is 19.1 Å². The largest absolute Gasteiger partial charge is 0.468 e. The molecule has 1 unspecified atom stereocenters. The fourth-order valence-electron chi connectivity index (χ4n) is 2.55. The molecule has 4 heteroatoms. The van der Waals surface area contributed by atoms with E-state index in [1.807, 2.05) is 0 Å². The quantitative estimate of drug-likeness (QED) is 0.613. The number of nitrogens with zero attached hydrogens (tertiary/aromatic N) is 1. The van der Waals surface area contributed by atoms with Crippen molar-refractivity contribution in [2.45, 2.75) is 57.5 Å². The molecule has 2 fully saturated rings. The Balaban J connectivity index is 1.75. The molecule has 2 aliphatic carbocycles. The highest BCUT2D eigenvalue weighted by atomic mass is 16.5. The van der Waals surface area contributed by atoms with E-state index in [4.69, 9.17) is 4.74 Å². The predicted molar refractivity (Wildman–Crippen MR) is 76.0 cm³/mol. The summed E-state index contributed by atoms with van der Waals surface area (Å²) in [6.45, 7) is 5.26. The number of hydrogen-bond acceptors (Lipinski definition) is 4. The van der Waals surface area contributed by atoms with Crippen LogP contribution in [0, 0.1) is 5.92 Å². The Morgan fingerprint density at radius 3 is 2.63 bits per heavy atom. The molecule has 0 radical (unpaired) electrons. The van der Waals surface area contributed by atoms with Crippen LogP contribution in [0.1, 0.15) is 45.4 Å². The molecule has 4 nitrogen and oxygen atoms in total. The van der Waals surface area contributed by atoms with Crippen molar-refractivity contribution >= 4 is 5.97 Å². The highest BCUT2D eigenvalue weighted by Gasteiger charge is 2.34. The van der Waals surface area contributed by atoms with Gasteiger partial charge in [0.05, 0.1) is 7.11 Å². The maximum atomic E-state index is 11.7. The van der Waals surface area contributed by atoms with Crippen molar-refractivity contribution < 1.29 is 9.53 Å². The van der Waals surface area contributed by atoms with E-state index in [1.54, 1.807) is 0 Å². The van der Waals surface area contributed by atoms with E-state index in [2.05, 4.69) is 17.1 Å². The van der Waals surface area contributed by atoms with E-state index in [1.165, 1.54) is 39.3 Å². The molecule has 1 atom stereocenters. The first-order chi connectivity index (χ1) is 9.24. The van der Waals surface area contributed by atoms with Gasteiger partial charge in [0.2, 0.25) is 0 Å². The van der Waals surface area contributed by atoms with Gasteiger partial charge < -0.3 is 15.0 Å². The Hall–Kier alpha value is -0.610. The van der Waals surface area contributed by atoms with Crippen molar-refractivity contribution in [3.63, 3.8) is 0 Å². The van der Waals surface area contributed by atoms with Crippen LogP contribution in [-0.4, -0.2) is 49.7 Å². The van der Waals surface area contributed by atoms with Crippen molar-refractivity contribution in [1.82, 2.24) is 10.2 Å². The minimum Gasteiger partial charge on any atom is -0.468 e. The van der Waals surface area contributed by atoms with E-state index in [-0.39, 0.29) is 12.0 Å². The van der Waals surface area contributed by atoms with E-state index in [0.717, 1.165) is 37.9 Å². The number of carbonyl (C=O) groups is 1. The molecule has 0 amide bonds. The molecule has 0 aliphatic heterocycles. The lowest BCUT2D eigenvalue weighted by Crippen LogP contribution is -2.41. The van der Waals surface area contributed by atoms with Gasteiger partial charge in [0.25, 0.3) is 0 Å². The Bertz CT molecular complexity index is 288. The van der Waals surface area contributed by atoms with E-state index in [0.29, 0.717) is 0 Å². The highest BCUT2D eigenvalue weighted by Crippen LogP contribution is 2.34. The normalized spacial score (nSPS) is 20.6. The zero-order valence-electron chi connectivity index (χ0n) is 12.4.